The fourth-order valence-corrected chi connectivity index (χ4v) is 2.33. The highest BCUT2D eigenvalue weighted by Gasteiger charge is 2.33. The van der Waals surface area contributed by atoms with E-state index in [-0.39, 0.29) is 22.7 Å². The van der Waals surface area contributed by atoms with Crippen molar-refractivity contribution in [2.75, 3.05) is 0 Å². The minimum absolute atomic E-state index is 0.0920. The summed E-state index contributed by atoms with van der Waals surface area (Å²) in [4.78, 5) is 11.2. The van der Waals surface area contributed by atoms with Crippen LogP contribution in [0.25, 0.3) is 5.69 Å². The molecule has 20 heavy (non-hydrogen) atoms. The molecule has 1 aromatic heterocycles. The smallest absolute Gasteiger partial charge is 0.339 e. The van der Waals surface area contributed by atoms with E-state index < -0.39 is 12.4 Å². The Morgan fingerprint density at radius 2 is 2.05 bits per heavy atom. The molecule has 0 aliphatic heterocycles. The van der Waals surface area contributed by atoms with Gasteiger partial charge in [0.1, 0.15) is 5.56 Å². The quantitative estimate of drug-likeness (QED) is 0.932. The molecule has 104 valence electrons. The number of aromatic nitrogens is 2. The second-order valence-electron chi connectivity index (χ2n) is 4.79. The van der Waals surface area contributed by atoms with Gasteiger partial charge in [-0.25, -0.2) is 18.3 Å². The number of alkyl halides is 2. The maximum atomic E-state index is 13.1. The number of rotatable bonds is 4. The van der Waals surface area contributed by atoms with Crippen LogP contribution in [-0.2, 0) is 0 Å². The Kier molecular flexibility index (Phi) is 3.00. The van der Waals surface area contributed by atoms with Gasteiger partial charge in [-0.3, -0.25) is 0 Å². The van der Waals surface area contributed by atoms with E-state index in [2.05, 4.69) is 5.10 Å². The molecule has 0 unspecified atom stereocenters. The zero-order chi connectivity index (χ0) is 14.3. The maximum absolute atomic E-state index is 13.1. The molecule has 6 heteroatoms. The van der Waals surface area contributed by atoms with Crippen molar-refractivity contribution in [1.82, 2.24) is 9.78 Å². The lowest BCUT2D eigenvalue weighted by Crippen LogP contribution is -2.08. The lowest BCUT2D eigenvalue weighted by atomic mass is 10.1. The molecule has 1 heterocycles. The molecule has 1 saturated carbocycles. The topological polar surface area (TPSA) is 55.1 Å². The molecule has 1 aromatic carbocycles. The Morgan fingerprint density at radius 1 is 1.35 bits per heavy atom. The van der Waals surface area contributed by atoms with Crippen molar-refractivity contribution >= 4 is 5.97 Å². The molecule has 1 aliphatic rings. The van der Waals surface area contributed by atoms with E-state index in [4.69, 9.17) is 0 Å². The minimum atomic E-state index is -2.63. The van der Waals surface area contributed by atoms with Gasteiger partial charge >= 0.3 is 5.97 Å². The number of hydrogen-bond donors (Lipinski definition) is 1. The van der Waals surface area contributed by atoms with Gasteiger partial charge in [0.05, 0.1) is 17.6 Å². The summed E-state index contributed by atoms with van der Waals surface area (Å²) in [5.41, 5.74) is 0.716. The van der Waals surface area contributed by atoms with Crippen molar-refractivity contribution in [2.24, 2.45) is 0 Å². The number of nitrogens with zero attached hydrogens (tertiary/aromatic N) is 2. The highest BCUT2D eigenvalue weighted by Crippen LogP contribution is 2.43. The van der Waals surface area contributed by atoms with E-state index in [0.29, 0.717) is 5.69 Å². The van der Waals surface area contributed by atoms with Crippen LogP contribution in [0, 0.1) is 0 Å². The molecule has 3 rings (SSSR count). The van der Waals surface area contributed by atoms with Gasteiger partial charge in [0.2, 0.25) is 0 Å². The molecular weight excluding hydrogens is 266 g/mol. The first-order valence-electron chi connectivity index (χ1n) is 6.28. The van der Waals surface area contributed by atoms with E-state index in [1.807, 2.05) is 0 Å². The van der Waals surface area contributed by atoms with Crippen molar-refractivity contribution in [3.05, 3.63) is 47.3 Å². The largest absolute Gasteiger partial charge is 0.478 e. The number of hydrogen-bond acceptors (Lipinski definition) is 2. The van der Waals surface area contributed by atoms with Crippen LogP contribution in [-0.4, -0.2) is 20.9 Å². The third kappa shape index (κ3) is 2.07. The normalized spacial score (nSPS) is 14.8. The van der Waals surface area contributed by atoms with Gasteiger partial charge in [-0.05, 0) is 18.9 Å². The highest BCUT2D eigenvalue weighted by molar-refractivity contribution is 5.89. The molecule has 1 fully saturated rings. The second-order valence-corrected chi connectivity index (χ2v) is 4.79. The molecule has 0 atom stereocenters. The van der Waals surface area contributed by atoms with Crippen LogP contribution in [0.5, 0.6) is 0 Å². The fraction of sp³-hybridized carbons (Fsp3) is 0.286. The molecule has 1 aliphatic carbocycles. The van der Waals surface area contributed by atoms with Crippen molar-refractivity contribution in [3.8, 4) is 5.69 Å². The summed E-state index contributed by atoms with van der Waals surface area (Å²) in [6, 6.07) is 6.04. The first kappa shape index (κ1) is 12.8. The first-order chi connectivity index (χ1) is 9.59. The average molecular weight is 278 g/mol. The molecule has 0 bridgehead atoms. The van der Waals surface area contributed by atoms with Gasteiger partial charge in [0, 0.05) is 11.5 Å². The van der Waals surface area contributed by atoms with Crippen LogP contribution in [0.2, 0.25) is 0 Å². The lowest BCUT2D eigenvalue weighted by molar-refractivity contribution is 0.0695. The van der Waals surface area contributed by atoms with Crippen LogP contribution < -0.4 is 0 Å². The van der Waals surface area contributed by atoms with Crippen LogP contribution >= 0.6 is 0 Å². The number of aromatic carboxylic acids is 1. The number of carboxylic acids is 1. The van der Waals surface area contributed by atoms with E-state index in [1.54, 1.807) is 6.07 Å². The maximum Gasteiger partial charge on any atom is 0.339 e. The average Bonchev–Trinajstić information content (AvgIpc) is 3.16. The van der Waals surface area contributed by atoms with E-state index >= 15 is 0 Å². The fourth-order valence-electron chi connectivity index (χ4n) is 2.33. The molecule has 0 amide bonds. The lowest BCUT2D eigenvalue weighted by Gasteiger charge is -2.12. The Hall–Kier alpha value is -2.24. The highest BCUT2D eigenvalue weighted by atomic mass is 19.3. The molecular formula is C14H12F2N2O2. The van der Waals surface area contributed by atoms with Crippen LogP contribution in [0.4, 0.5) is 8.78 Å². The zero-order valence-corrected chi connectivity index (χ0v) is 10.5. The minimum Gasteiger partial charge on any atom is -0.478 e. The van der Waals surface area contributed by atoms with Gasteiger partial charge in [-0.1, -0.05) is 18.2 Å². The SMILES string of the molecule is O=C(O)c1cnn(-c2ccccc2C(F)F)c1C1CC1. The van der Waals surface area contributed by atoms with Crippen LogP contribution in [0.1, 0.15) is 46.8 Å². The first-order valence-corrected chi connectivity index (χ1v) is 6.28. The summed E-state index contributed by atoms with van der Waals surface area (Å²) in [5, 5.41) is 13.2. The van der Waals surface area contributed by atoms with Crippen LogP contribution in [0.3, 0.4) is 0 Å². The van der Waals surface area contributed by atoms with Gasteiger partial charge in [-0.2, -0.15) is 5.10 Å². The number of carboxylic acid groups (broad SMARTS) is 1. The summed E-state index contributed by atoms with van der Waals surface area (Å²) >= 11 is 0. The van der Waals surface area contributed by atoms with Gasteiger partial charge in [0.15, 0.2) is 0 Å². The van der Waals surface area contributed by atoms with E-state index in [0.717, 1.165) is 12.8 Å². The van der Waals surface area contributed by atoms with Crippen molar-refractivity contribution in [3.63, 3.8) is 0 Å². The van der Waals surface area contributed by atoms with Crippen molar-refractivity contribution in [1.29, 1.82) is 0 Å². The number of halogens is 2. The Balaban J connectivity index is 2.18. The number of para-hydroxylation sites is 1. The molecule has 0 spiro atoms. The second kappa shape index (κ2) is 4.70. The van der Waals surface area contributed by atoms with Gasteiger partial charge in [0.25, 0.3) is 6.43 Å². The molecule has 0 radical (unpaired) electrons. The molecule has 1 N–H and O–H groups in total. The third-order valence-electron chi connectivity index (χ3n) is 3.40. The molecule has 2 aromatic rings. The number of benzene rings is 1. The summed E-state index contributed by atoms with van der Waals surface area (Å²) < 4.78 is 27.5. The predicted molar refractivity (Wildman–Crippen MR) is 67.5 cm³/mol. The summed E-state index contributed by atoms with van der Waals surface area (Å²) in [6.07, 6.45) is 0.333. The van der Waals surface area contributed by atoms with E-state index in [1.165, 1.54) is 29.1 Å². The Morgan fingerprint density at radius 3 is 2.65 bits per heavy atom. The molecule has 4 nitrogen and oxygen atoms in total. The van der Waals surface area contributed by atoms with Gasteiger partial charge < -0.3 is 5.11 Å². The monoisotopic (exact) mass is 278 g/mol. The Labute approximate surface area is 113 Å². The third-order valence-corrected chi connectivity index (χ3v) is 3.40. The Bertz CT molecular complexity index is 663. The predicted octanol–water partition coefficient (Wildman–Crippen LogP) is 3.39. The number of carbonyl (C=O) groups is 1. The summed E-state index contributed by atoms with van der Waals surface area (Å²) in [7, 11) is 0. The summed E-state index contributed by atoms with van der Waals surface area (Å²) in [5.74, 6) is -0.984. The van der Waals surface area contributed by atoms with Crippen LogP contribution in [0.15, 0.2) is 30.5 Å². The standard InChI is InChI=1S/C14H12F2N2O2/c15-13(16)9-3-1-2-4-11(9)18-12(8-5-6-8)10(7-17-18)14(19)20/h1-4,7-8,13H,5-6H2,(H,19,20). The summed E-state index contributed by atoms with van der Waals surface area (Å²) in [6.45, 7) is 0. The van der Waals surface area contributed by atoms with Crippen molar-refractivity contribution < 1.29 is 18.7 Å². The zero-order valence-electron chi connectivity index (χ0n) is 10.5. The van der Waals surface area contributed by atoms with E-state index in [9.17, 15) is 18.7 Å². The molecule has 0 saturated heterocycles. The van der Waals surface area contributed by atoms with Gasteiger partial charge in [-0.15, -0.1) is 0 Å². The van der Waals surface area contributed by atoms with Crippen molar-refractivity contribution in [2.45, 2.75) is 25.2 Å².